The lowest BCUT2D eigenvalue weighted by molar-refractivity contribution is 0.271. The normalized spacial score (nSPS) is 14.8. The highest BCUT2D eigenvalue weighted by molar-refractivity contribution is 5.82. The lowest BCUT2D eigenvalue weighted by atomic mass is 10.1. The van der Waals surface area contributed by atoms with Gasteiger partial charge in [-0.3, -0.25) is 0 Å². The fourth-order valence-corrected chi connectivity index (χ4v) is 1.92. The van der Waals surface area contributed by atoms with Crippen LogP contribution in [0.15, 0.2) is 15.3 Å². The monoisotopic (exact) mass is 262 g/mol. The van der Waals surface area contributed by atoms with Crippen LogP contribution in [0.4, 0.5) is 0 Å². The molecule has 1 fully saturated rings. The largest absolute Gasteiger partial charge is 0.493 e. The Labute approximate surface area is 109 Å². The van der Waals surface area contributed by atoms with Crippen LogP contribution in [0.2, 0.25) is 0 Å². The van der Waals surface area contributed by atoms with Crippen LogP contribution in [-0.2, 0) is 6.42 Å². The van der Waals surface area contributed by atoms with Gasteiger partial charge in [-0.1, -0.05) is 6.92 Å². The van der Waals surface area contributed by atoms with Crippen molar-refractivity contribution in [3.8, 4) is 11.9 Å². The van der Waals surface area contributed by atoms with Crippen LogP contribution in [0, 0.1) is 5.92 Å². The van der Waals surface area contributed by atoms with Gasteiger partial charge in [0.1, 0.15) is 5.39 Å². The number of aryl methyl sites for hydroxylation is 1. The molecular weight excluding hydrogens is 248 g/mol. The van der Waals surface area contributed by atoms with Gasteiger partial charge in [0.05, 0.1) is 6.61 Å². The van der Waals surface area contributed by atoms with Crippen molar-refractivity contribution in [3.05, 3.63) is 22.0 Å². The van der Waals surface area contributed by atoms with Crippen LogP contribution < -0.4 is 10.4 Å². The van der Waals surface area contributed by atoms with Gasteiger partial charge in [-0.15, -0.1) is 0 Å². The molecule has 1 aliphatic carbocycles. The number of aromatic nitrogens is 2. The van der Waals surface area contributed by atoms with Crippen LogP contribution in [0.1, 0.15) is 25.3 Å². The predicted octanol–water partition coefficient (Wildman–Crippen LogP) is 1.64. The summed E-state index contributed by atoms with van der Waals surface area (Å²) in [5.41, 5.74) is 0.246. The minimum atomic E-state index is -0.490. The third kappa shape index (κ3) is 2.38. The van der Waals surface area contributed by atoms with Crippen LogP contribution in [0.5, 0.6) is 11.9 Å². The molecular formula is C13H14N2O4. The summed E-state index contributed by atoms with van der Waals surface area (Å²) in [7, 11) is 0. The first-order valence-electron chi connectivity index (χ1n) is 6.34. The second kappa shape index (κ2) is 4.53. The van der Waals surface area contributed by atoms with Gasteiger partial charge in [-0.2, -0.15) is 9.97 Å². The van der Waals surface area contributed by atoms with Gasteiger partial charge in [0, 0.05) is 6.07 Å². The zero-order chi connectivity index (χ0) is 13.4. The topological polar surface area (TPSA) is 85.5 Å². The van der Waals surface area contributed by atoms with E-state index in [1.54, 1.807) is 0 Å². The average Bonchev–Trinajstić information content (AvgIpc) is 3.18. The molecule has 2 aromatic rings. The Morgan fingerprint density at radius 1 is 1.47 bits per heavy atom. The molecule has 0 aliphatic heterocycles. The van der Waals surface area contributed by atoms with Crippen molar-refractivity contribution < 1.29 is 14.3 Å². The van der Waals surface area contributed by atoms with Crippen molar-refractivity contribution in [2.45, 2.75) is 26.2 Å². The first kappa shape index (κ1) is 12.0. The highest BCUT2D eigenvalue weighted by atomic mass is 16.5. The Kier molecular flexibility index (Phi) is 2.85. The lowest BCUT2D eigenvalue weighted by Gasteiger charge is -2.07. The molecule has 0 amide bonds. The molecule has 0 radical (unpaired) electrons. The summed E-state index contributed by atoms with van der Waals surface area (Å²) in [4.78, 5) is 19.4. The van der Waals surface area contributed by atoms with Crippen LogP contribution in [-0.4, -0.2) is 21.7 Å². The standard InChI is InChI=1S/C13H14N2O4/c1-2-8-5-9(16)19-12-10(8)11(17)14-13(15-12)18-6-7-3-4-7/h5,7H,2-4,6H2,1H3,(H,14,15,17). The lowest BCUT2D eigenvalue weighted by Crippen LogP contribution is -2.06. The van der Waals surface area contributed by atoms with Crippen LogP contribution >= 0.6 is 0 Å². The summed E-state index contributed by atoms with van der Waals surface area (Å²) in [6.45, 7) is 2.41. The molecule has 3 rings (SSSR count). The molecule has 1 aliphatic rings. The first-order valence-corrected chi connectivity index (χ1v) is 6.34. The fraction of sp³-hybridized carbons (Fsp3) is 0.462. The van der Waals surface area contributed by atoms with Gasteiger partial charge < -0.3 is 14.3 Å². The van der Waals surface area contributed by atoms with E-state index in [9.17, 15) is 9.90 Å². The molecule has 0 spiro atoms. The van der Waals surface area contributed by atoms with Gasteiger partial charge >= 0.3 is 11.6 Å². The number of hydrogen-bond donors (Lipinski definition) is 1. The summed E-state index contributed by atoms with van der Waals surface area (Å²) in [5.74, 6) is 0.340. The third-order valence-electron chi connectivity index (χ3n) is 3.17. The fourth-order valence-electron chi connectivity index (χ4n) is 1.92. The van der Waals surface area contributed by atoms with E-state index in [0.717, 1.165) is 12.8 Å². The van der Waals surface area contributed by atoms with E-state index in [0.29, 0.717) is 29.9 Å². The van der Waals surface area contributed by atoms with Gasteiger partial charge in [0.15, 0.2) is 0 Å². The Bertz CT molecular complexity index is 676. The maximum absolute atomic E-state index is 11.4. The molecule has 2 heterocycles. The van der Waals surface area contributed by atoms with Crippen molar-refractivity contribution in [3.63, 3.8) is 0 Å². The Balaban J connectivity index is 2.05. The molecule has 2 aromatic heterocycles. The Hall–Kier alpha value is -2.11. The molecule has 6 heteroatoms. The quantitative estimate of drug-likeness (QED) is 0.901. The van der Waals surface area contributed by atoms with E-state index in [-0.39, 0.29) is 17.6 Å². The van der Waals surface area contributed by atoms with E-state index in [1.165, 1.54) is 6.07 Å². The van der Waals surface area contributed by atoms with Crippen LogP contribution in [0.3, 0.4) is 0 Å². The second-order valence-electron chi connectivity index (χ2n) is 4.71. The molecule has 0 bridgehead atoms. The van der Waals surface area contributed by atoms with E-state index in [1.807, 2.05) is 6.92 Å². The molecule has 0 atom stereocenters. The summed E-state index contributed by atoms with van der Waals surface area (Å²) < 4.78 is 10.4. The molecule has 0 aromatic carbocycles. The predicted molar refractivity (Wildman–Crippen MR) is 67.3 cm³/mol. The van der Waals surface area contributed by atoms with Crippen molar-refractivity contribution in [1.29, 1.82) is 0 Å². The summed E-state index contributed by atoms with van der Waals surface area (Å²) in [5, 5.41) is 10.3. The third-order valence-corrected chi connectivity index (χ3v) is 3.17. The molecule has 1 N–H and O–H groups in total. The smallest absolute Gasteiger partial charge is 0.337 e. The Morgan fingerprint density at radius 2 is 2.26 bits per heavy atom. The number of nitrogens with zero attached hydrogens (tertiary/aromatic N) is 2. The number of aromatic hydroxyl groups is 1. The second-order valence-corrected chi connectivity index (χ2v) is 4.71. The van der Waals surface area contributed by atoms with E-state index >= 15 is 0 Å². The summed E-state index contributed by atoms with van der Waals surface area (Å²) >= 11 is 0. The highest BCUT2D eigenvalue weighted by Gasteiger charge is 2.23. The maximum atomic E-state index is 11.4. The molecule has 100 valence electrons. The number of ether oxygens (including phenoxy) is 1. The van der Waals surface area contributed by atoms with Crippen molar-refractivity contribution in [1.82, 2.24) is 9.97 Å². The molecule has 6 nitrogen and oxygen atoms in total. The van der Waals surface area contributed by atoms with Gasteiger partial charge in [0.25, 0.3) is 0 Å². The minimum absolute atomic E-state index is 0.0494. The summed E-state index contributed by atoms with van der Waals surface area (Å²) in [6, 6.07) is 1.39. The number of hydrogen-bond acceptors (Lipinski definition) is 6. The summed E-state index contributed by atoms with van der Waals surface area (Å²) in [6.07, 6.45) is 2.88. The van der Waals surface area contributed by atoms with E-state index < -0.39 is 5.63 Å². The molecule has 0 unspecified atom stereocenters. The minimum Gasteiger partial charge on any atom is -0.493 e. The average molecular weight is 262 g/mol. The number of rotatable bonds is 4. The van der Waals surface area contributed by atoms with Crippen LogP contribution in [0.25, 0.3) is 11.1 Å². The van der Waals surface area contributed by atoms with Crippen molar-refractivity contribution in [2.75, 3.05) is 6.61 Å². The van der Waals surface area contributed by atoms with Gasteiger partial charge in [0.2, 0.25) is 11.6 Å². The number of fused-ring (bicyclic) bond motifs is 1. The van der Waals surface area contributed by atoms with E-state index in [4.69, 9.17) is 9.15 Å². The maximum Gasteiger partial charge on any atom is 0.337 e. The zero-order valence-electron chi connectivity index (χ0n) is 10.5. The first-order chi connectivity index (χ1) is 9.17. The zero-order valence-corrected chi connectivity index (χ0v) is 10.5. The Morgan fingerprint density at radius 3 is 2.95 bits per heavy atom. The van der Waals surface area contributed by atoms with Crippen molar-refractivity contribution in [2.24, 2.45) is 5.92 Å². The molecule has 0 saturated heterocycles. The highest BCUT2D eigenvalue weighted by Crippen LogP contribution is 2.30. The SMILES string of the molecule is CCc1cc(=O)oc2nc(OCC3CC3)nc(O)c12. The molecule has 1 saturated carbocycles. The van der Waals surface area contributed by atoms with Gasteiger partial charge in [-0.05, 0) is 30.7 Å². The van der Waals surface area contributed by atoms with Crippen molar-refractivity contribution >= 4 is 11.1 Å². The van der Waals surface area contributed by atoms with Gasteiger partial charge in [-0.25, -0.2) is 4.79 Å². The van der Waals surface area contributed by atoms with E-state index in [2.05, 4.69) is 9.97 Å². The molecule has 19 heavy (non-hydrogen) atoms.